The zero-order valence-corrected chi connectivity index (χ0v) is 16.1. The standard InChI is InChI=1S/C22H20N2O2S/c1-14-3-7-16(8-4-14)18-11-20(25)24-21(19(18)12-23)27-13-22(24,26)17-9-5-15(2)6-10-17/h3-10,18,26H,11,13H2,1-2H3/t18-,22+/m0/s1. The predicted molar refractivity (Wildman–Crippen MR) is 106 cm³/mol. The fourth-order valence-corrected chi connectivity index (χ4v) is 5.10. The van der Waals surface area contributed by atoms with E-state index in [0.717, 1.165) is 16.7 Å². The minimum Gasteiger partial charge on any atom is -0.366 e. The van der Waals surface area contributed by atoms with Crippen LogP contribution in [0.4, 0.5) is 0 Å². The summed E-state index contributed by atoms with van der Waals surface area (Å²) in [6, 6.07) is 17.8. The fraction of sp³-hybridized carbons (Fsp3) is 0.273. The Balaban J connectivity index is 1.79. The minimum atomic E-state index is -1.41. The Labute approximate surface area is 163 Å². The van der Waals surface area contributed by atoms with Crippen molar-refractivity contribution in [2.45, 2.75) is 31.9 Å². The van der Waals surface area contributed by atoms with Crippen LogP contribution in [0, 0.1) is 25.2 Å². The molecule has 2 heterocycles. The Bertz CT molecular complexity index is 973. The highest BCUT2D eigenvalue weighted by Crippen LogP contribution is 2.51. The number of rotatable bonds is 2. The molecule has 136 valence electrons. The third-order valence-corrected chi connectivity index (χ3v) is 6.53. The van der Waals surface area contributed by atoms with E-state index in [1.807, 2.05) is 62.4 Å². The first-order valence-electron chi connectivity index (χ1n) is 8.90. The fourth-order valence-electron chi connectivity index (χ4n) is 3.74. The number of amides is 1. The van der Waals surface area contributed by atoms with Gasteiger partial charge in [0.1, 0.15) is 0 Å². The normalized spacial score (nSPS) is 24.7. The lowest BCUT2D eigenvalue weighted by atomic mass is 9.85. The van der Waals surface area contributed by atoms with E-state index in [0.29, 0.717) is 21.9 Å². The lowest BCUT2D eigenvalue weighted by Gasteiger charge is -2.38. The van der Waals surface area contributed by atoms with Gasteiger partial charge in [-0.2, -0.15) is 5.26 Å². The van der Waals surface area contributed by atoms with Gasteiger partial charge in [0.2, 0.25) is 5.91 Å². The molecule has 4 nitrogen and oxygen atoms in total. The molecule has 27 heavy (non-hydrogen) atoms. The van der Waals surface area contributed by atoms with E-state index in [4.69, 9.17) is 0 Å². The molecule has 2 aliphatic rings. The summed E-state index contributed by atoms with van der Waals surface area (Å²) in [7, 11) is 0. The van der Waals surface area contributed by atoms with Gasteiger partial charge >= 0.3 is 0 Å². The second-order valence-corrected chi connectivity index (χ2v) is 8.16. The third-order valence-electron chi connectivity index (χ3n) is 5.30. The summed E-state index contributed by atoms with van der Waals surface area (Å²) in [5.74, 6) is -0.0898. The summed E-state index contributed by atoms with van der Waals surface area (Å²) in [6.07, 6.45) is 0.185. The summed E-state index contributed by atoms with van der Waals surface area (Å²) < 4.78 is 0. The topological polar surface area (TPSA) is 64.3 Å². The van der Waals surface area contributed by atoms with E-state index in [-0.39, 0.29) is 18.2 Å². The monoisotopic (exact) mass is 376 g/mol. The molecule has 2 atom stereocenters. The highest BCUT2D eigenvalue weighted by molar-refractivity contribution is 8.03. The smallest absolute Gasteiger partial charge is 0.231 e. The van der Waals surface area contributed by atoms with Crippen molar-refractivity contribution in [2.75, 3.05) is 5.75 Å². The van der Waals surface area contributed by atoms with Crippen LogP contribution in [0.3, 0.4) is 0 Å². The molecule has 0 radical (unpaired) electrons. The quantitative estimate of drug-likeness (QED) is 0.862. The van der Waals surface area contributed by atoms with Crippen LogP contribution < -0.4 is 0 Å². The van der Waals surface area contributed by atoms with Crippen molar-refractivity contribution in [1.82, 2.24) is 4.90 Å². The maximum Gasteiger partial charge on any atom is 0.231 e. The van der Waals surface area contributed by atoms with E-state index in [2.05, 4.69) is 6.07 Å². The zero-order valence-electron chi connectivity index (χ0n) is 15.3. The van der Waals surface area contributed by atoms with Crippen LogP contribution in [-0.4, -0.2) is 21.7 Å². The summed E-state index contributed by atoms with van der Waals surface area (Å²) in [5, 5.41) is 21.8. The van der Waals surface area contributed by atoms with Gasteiger partial charge < -0.3 is 5.11 Å². The van der Waals surface area contributed by atoms with Crippen molar-refractivity contribution >= 4 is 17.7 Å². The SMILES string of the molecule is Cc1ccc([C@@H]2CC(=O)N3C(=C2C#N)SC[C@@]3(O)c2ccc(C)cc2)cc1. The number of nitrogens with zero attached hydrogens (tertiary/aromatic N) is 2. The molecule has 0 saturated carbocycles. The molecule has 2 aromatic rings. The van der Waals surface area contributed by atoms with Crippen molar-refractivity contribution in [3.05, 3.63) is 81.4 Å². The average Bonchev–Trinajstić information content (AvgIpc) is 3.02. The van der Waals surface area contributed by atoms with Crippen molar-refractivity contribution < 1.29 is 9.90 Å². The molecule has 5 heteroatoms. The first kappa shape index (κ1) is 17.8. The number of hydrogen-bond acceptors (Lipinski definition) is 4. The van der Waals surface area contributed by atoms with Gasteiger partial charge in [0.05, 0.1) is 22.4 Å². The van der Waals surface area contributed by atoms with E-state index in [9.17, 15) is 15.2 Å². The number of nitriles is 1. The molecule has 0 spiro atoms. The molecule has 2 aliphatic heterocycles. The van der Waals surface area contributed by atoms with E-state index in [1.165, 1.54) is 16.7 Å². The van der Waals surface area contributed by atoms with E-state index < -0.39 is 5.72 Å². The molecular formula is C22H20N2O2S. The van der Waals surface area contributed by atoms with Gasteiger partial charge in [0, 0.05) is 17.9 Å². The molecule has 0 aromatic heterocycles. The van der Waals surface area contributed by atoms with Crippen LogP contribution in [0.5, 0.6) is 0 Å². The first-order valence-corrected chi connectivity index (χ1v) is 9.89. The maximum absolute atomic E-state index is 13.1. The number of carbonyl (C=O) groups is 1. The third kappa shape index (κ3) is 2.86. The van der Waals surface area contributed by atoms with Crippen molar-refractivity contribution in [1.29, 1.82) is 5.26 Å². The average molecular weight is 376 g/mol. The Morgan fingerprint density at radius 2 is 1.70 bits per heavy atom. The van der Waals surface area contributed by atoms with E-state index in [1.54, 1.807) is 0 Å². The van der Waals surface area contributed by atoms with Crippen LogP contribution in [0.25, 0.3) is 0 Å². The largest absolute Gasteiger partial charge is 0.366 e. The minimum absolute atomic E-state index is 0.150. The molecule has 0 aliphatic carbocycles. The number of fused-ring (bicyclic) bond motifs is 1. The maximum atomic E-state index is 13.1. The summed E-state index contributed by atoms with van der Waals surface area (Å²) >= 11 is 1.38. The van der Waals surface area contributed by atoms with Gasteiger partial charge in [-0.25, -0.2) is 0 Å². The predicted octanol–water partition coefficient (Wildman–Crippen LogP) is 3.95. The summed E-state index contributed by atoms with van der Waals surface area (Å²) in [4.78, 5) is 14.5. The number of thioether (sulfide) groups is 1. The van der Waals surface area contributed by atoms with E-state index >= 15 is 0 Å². The molecule has 1 fully saturated rings. The lowest BCUT2D eigenvalue weighted by Crippen LogP contribution is -2.48. The van der Waals surface area contributed by atoms with Gasteiger partial charge in [0.15, 0.2) is 5.72 Å². The van der Waals surface area contributed by atoms with Gasteiger partial charge in [-0.3, -0.25) is 9.69 Å². The Morgan fingerprint density at radius 1 is 1.11 bits per heavy atom. The van der Waals surface area contributed by atoms with Gasteiger partial charge in [0.25, 0.3) is 0 Å². The van der Waals surface area contributed by atoms with Gasteiger partial charge in [-0.05, 0) is 19.4 Å². The molecule has 2 aromatic carbocycles. The molecule has 1 amide bonds. The Kier molecular flexibility index (Phi) is 4.33. The van der Waals surface area contributed by atoms with Crippen molar-refractivity contribution in [3.63, 3.8) is 0 Å². The van der Waals surface area contributed by atoms with Crippen molar-refractivity contribution in [2.24, 2.45) is 0 Å². The molecular weight excluding hydrogens is 356 g/mol. The molecule has 0 unspecified atom stereocenters. The second-order valence-electron chi connectivity index (χ2n) is 7.20. The molecule has 4 rings (SSSR count). The molecule has 1 N–H and O–H groups in total. The van der Waals surface area contributed by atoms with Crippen molar-refractivity contribution in [3.8, 4) is 6.07 Å². The molecule has 0 bridgehead atoms. The number of aliphatic hydroxyl groups is 1. The summed E-state index contributed by atoms with van der Waals surface area (Å²) in [6.45, 7) is 3.99. The van der Waals surface area contributed by atoms with Crippen LogP contribution >= 0.6 is 11.8 Å². The van der Waals surface area contributed by atoms with Crippen LogP contribution in [0.2, 0.25) is 0 Å². The molecule has 1 saturated heterocycles. The van der Waals surface area contributed by atoms with Crippen LogP contribution in [0.15, 0.2) is 59.1 Å². The summed E-state index contributed by atoms with van der Waals surface area (Å²) in [5.41, 5.74) is 3.01. The second kappa shape index (κ2) is 6.56. The van der Waals surface area contributed by atoms with Crippen LogP contribution in [-0.2, 0) is 10.5 Å². The number of benzene rings is 2. The van der Waals surface area contributed by atoms with Gasteiger partial charge in [-0.1, -0.05) is 59.7 Å². The Hall–Kier alpha value is -2.55. The zero-order chi connectivity index (χ0) is 19.2. The highest BCUT2D eigenvalue weighted by Gasteiger charge is 2.51. The first-order chi connectivity index (χ1) is 12.9. The number of carbonyl (C=O) groups excluding carboxylic acids is 1. The number of hydrogen-bond donors (Lipinski definition) is 1. The highest BCUT2D eigenvalue weighted by atomic mass is 32.2. The number of allylic oxidation sites excluding steroid dienone is 1. The number of aryl methyl sites for hydroxylation is 2. The lowest BCUT2D eigenvalue weighted by molar-refractivity contribution is -0.149. The van der Waals surface area contributed by atoms with Crippen LogP contribution in [0.1, 0.15) is 34.6 Å². The van der Waals surface area contributed by atoms with Gasteiger partial charge in [-0.15, -0.1) is 11.8 Å². The Morgan fingerprint density at radius 3 is 2.30 bits per heavy atom.